The minimum atomic E-state index is 0.693. The van der Waals surface area contributed by atoms with E-state index < -0.39 is 0 Å². The molecule has 0 aromatic carbocycles. The molecule has 1 N–H and O–H groups in total. The van der Waals surface area contributed by atoms with Gasteiger partial charge in [-0.15, -0.1) is 0 Å². The van der Waals surface area contributed by atoms with Crippen LogP contribution in [-0.2, 0) is 9.47 Å². The van der Waals surface area contributed by atoms with E-state index >= 15 is 0 Å². The summed E-state index contributed by atoms with van der Waals surface area (Å²) in [6.07, 6.45) is 2.49. The fraction of sp³-hybridized carbons (Fsp3) is 1.00. The maximum atomic E-state index is 5.47. The van der Waals surface area contributed by atoms with Crippen LogP contribution >= 0.6 is 0 Å². The van der Waals surface area contributed by atoms with Gasteiger partial charge in [0.15, 0.2) is 0 Å². The highest BCUT2D eigenvalue weighted by molar-refractivity contribution is 4.80. The Labute approximate surface area is 99.3 Å². The van der Waals surface area contributed by atoms with Gasteiger partial charge in [-0.25, -0.2) is 0 Å². The number of hydrogen-bond donors (Lipinski definition) is 1. The van der Waals surface area contributed by atoms with E-state index in [-0.39, 0.29) is 0 Å². The quantitative estimate of drug-likeness (QED) is 0.592. The van der Waals surface area contributed by atoms with Gasteiger partial charge in [-0.05, 0) is 25.9 Å². The van der Waals surface area contributed by atoms with E-state index in [1.165, 1.54) is 25.9 Å². The molecule has 1 saturated heterocycles. The summed E-state index contributed by atoms with van der Waals surface area (Å²) in [6, 6.07) is 0.693. The summed E-state index contributed by atoms with van der Waals surface area (Å²) in [5, 5.41) is 3.57. The van der Waals surface area contributed by atoms with E-state index in [4.69, 9.17) is 9.47 Å². The summed E-state index contributed by atoms with van der Waals surface area (Å²) in [6.45, 7) is 9.01. The number of ether oxygens (including phenoxy) is 2. The second-order valence-electron chi connectivity index (χ2n) is 4.35. The maximum Gasteiger partial charge on any atom is 0.0700 e. The Morgan fingerprint density at radius 1 is 1.31 bits per heavy atom. The van der Waals surface area contributed by atoms with E-state index in [1.807, 2.05) is 0 Å². The third-order valence-electron chi connectivity index (χ3n) is 2.94. The molecule has 1 aliphatic rings. The van der Waals surface area contributed by atoms with Gasteiger partial charge in [0.25, 0.3) is 0 Å². The minimum Gasteiger partial charge on any atom is -0.382 e. The second-order valence-corrected chi connectivity index (χ2v) is 4.35. The number of hydrogen-bond acceptors (Lipinski definition) is 4. The van der Waals surface area contributed by atoms with Crippen LogP contribution in [0.2, 0.25) is 0 Å². The zero-order valence-corrected chi connectivity index (χ0v) is 10.7. The van der Waals surface area contributed by atoms with Gasteiger partial charge in [-0.1, -0.05) is 6.92 Å². The summed E-state index contributed by atoms with van der Waals surface area (Å²) in [5.74, 6) is 0. The predicted octanol–water partition coefficient (Wildman–Crippen LogP) is 0.723. The third kappa shape index (κ3) is 5.80. The first-order valence-electron chi connectivity index (χ1n) is 6.39. The summed E-state index contributed by atoms with van der Waals surface area (Å²) in [4.78, 5) is 2.47. The highest BCUT2D eigenvalue weighted by Gasteiger charge is 2.20. The molecule has 0 aliphatic carbocycles. The monoisotopic (exact) mass is 230 g/mol. The number of rotatable bonds is 9. The van der Waals surface area contributed by atoms with Gasteiger partial charge in [0.1, 0.15) is 0 Å². The molecule has 1 fully saturated rings. The molecule has 0 bridgehead atoms. The average Bonchev–Trinajstić information content (AvgIpc) is 2.74. The molecular weight excluding hydrogens is 204 g/mol. The van der Waals surface area contributed by atoms with Gasteiger partial charge in [-0.3, -0.25) is 4.90 Å². The Balaban J connectivity index is 1.94. The average molecular weight is 230 g/mol. The highest BCUT2D eigenvalue weighted by Crippen LogP contribution is 2.08. The molecule has 4 heteroatoms. The van der Waals surface area contributed by atoms with Crippen molar-refractivity contribution >= 4 is 0 Å². The lowest BCUT2D eigenvalue weighted by Crippen LogP contribution is -2.34. The largest absolute Gasteiger partial charge is 0.382 e. The number of nitrogens with zero attached hydrogens (tertiary/aromatic N) is 1. The fourth-order valence-corrected chi connectivity index (χ4v) is 1.99. The van der Waals surface area contributed by atoms with Crippen LogP contribution in [0.25, 0.3) is 0 Å². The predicted molar refractivity (Wildman–Crippen MR) is 65.8 cm³/mol. The van der Waals surface area contributed by atoms with Crippen LogP contribution in [-0.4, -0.2) is 64.1 Å². The number of likely N-dealkylation sites (tertiary alicyclic amines) is 1. The lowest BCUT2D eigenvalue weighted by Gasteiger charge is -2.16. The first-order chi connectivity index (χ1) is 7.86. The van der Waals surface area contributed by atoms with Crippen LogP contribution in [0.5, 0.6) is 0 Å². The highest BCUT2D eigenvalue weighted by atomic mass is 16.5. The molecular formula is C12H26N2O2. The topological polar surface area (TPSA) is 33.7 Å². The molecule has 0 saturated carbocycles. The van der Waals surface area contributed by atoms with E-state index in [0.29, 0.717) is 19.3 Å². The van der Waals surface area contributed by atoms with Crippen LogP contribution in [0.4, 0.5) is 0 Å². The third-order valence-corrected chi connectivity index (χ3v) is 2.94. The summed E-state index contributed by atoms with van der Waals surface area (Å²) in [7, 11) is 1.70. The Hall–Kier alpha value is -0.160. The van der Waals surface area contributed by atoms with Crippen molar-refractivity contribution in [3.05, 3.63) is 0 Å². The Kier molecular flexibility index (Phi) is 7.76. The van der Waals surface area contributed by atoms with Crippen molar-refractivity contribution in [2.24, 2.45) is 0 Å². The Morgan fingerprint density at radius 2 is 2.19 bits per heavy atom. The molecule has 96 valence electrons. The maximum absolute atomic E-state index is 5.47. The van der Waals surface area contributed by atoms with Crippen molar-refractivity contribution in [2.75, 3.05) is 53.1 Å². The van der Waals surface area contributed by atoms with Gasteiger partial charge < -0.3 is 14.8 Å². The first-order valence-corrected chi connectivity index (χ1v) is 6.39. The summed E-state index contributed by atoms with van der Waals surface area (Å²) in [5.41, 5.74) is 0. The second kappa shape index (κ2) is 8.93. The number of nitrogens with one attached hydrogen (secondary N) is 1. The molecule has 0 aromatic rings. The Bertz CT molecular complexity index is 167. The SMILES string of the molecule is CCCNC1CCN(CCOCCOC)C1. The smallest absolute Gasteiger partial charge is 0.0700 e. The van der Waals surface area contributed by atoms with Crippen molar-refractivity contribution < 1.29 is 9.47 Å². The molecule has 4 nitrogen and oxygen atoms in total. The molecule has 0 amide bonds. The molecule has 1 heterocycles. The Morgan fingerprint density at radius 3 is 2.94 bits per heavy atom. The van der Waals surface area contributed by atoms with Gasteiger partial charge in [0.2, 0.25) is 0 Å². The zero-order valence-electron chi connectivity index (χ0n) is 10.7. The van der Waals surface area contributed by atoms with Crippen LogP contribution < -0.4 is 5.32 Å². The minimum absolute atomic E-state index is 0.693. The van der Waals surface area contributed by atoms with Gasteiger partial charge >= 0.3 is 0 Å². The van der Waals surface area contributed by atoms with Crippen molar-refractivity contribution in [2.45, 2.75) is 25.8 Å². The molecule has 16 heavy (non-hydrogen) atoms. The van der Waals surface area contributed by atoms with E-state index in [1.54, 1.807) is 7.11 Å². The zero-order chi connectivity index (χ0) is 11.6. The molecule has 1 unspecified atom stereocenters. The van der Waals surface area contributed by atoms with Gasteiger partial charge in [0.05, 0.1) is 19.8 Å². The molecule has 0 radical (unpaired) electrons. The summed E-state index contributed by atoms with van der Waals surface area (Å²) < 4.78 is 10.4. The van der Waals surface area contributed by atoms with E-state index in [0.717, 1.165) is 19.7 Å². The van der Waals surface area contributed by atoms with E-state index in [2.05, 4.69) is 17.1 Å². The van der Waals surface area contributed by atoms with Crippen LogP contribution in [0.1, 0.15) is 19.8 Å². The van der Waals surface area contributed by atoms with Crippen LogP contribution in [0.15, 0.2) is 0 Å². The molecule has 0 spiro atoms. The lowest BCUT2D eigenvalue weighted by molar-refractivity contribution is 0.0601. The fourth-order valence-electron chi connectivity index (χ4n) is 1.99. The number of methoxy groups -OCH3 is 1. The van der Waals surface area contributed by atoms with Crippen LogP contribution in [0.3, 0.4) is 0 Å². The van der Waals surface area contributed by atoms with Crippen molar-refractivity contribution in [3.8, 4) is 0 Å². The summed E-state index contributed by atoms with van der Waals surface area (Å²) >= 11 is 0. The molecule has 0 aromatic heterocycles. The van der Waals surface area contributed by atoms with Crippen molar-refractivity contribution in [3.63, 3.8) is 0 Å². The van der Waals surface area contributed by atoms with Gasteiger partial charge in [-0.2, -0.15) is 0 Å². The lowest BCUT2D eigenvalue weighted by atomic mass is 10.2. The normalized spacial score (nSPS) is 21.8. The van der Waals surface area contributed by atoms with Crippen molar-refractivity contribution in [1.29, 1.82) is 0 Å². The van der Waals surface area contributed by atoms with E-state index in [9.17, 15) is 0 Å². The standard InChI is InChI=1S/C12H26N2O2/c1-3-5-13-12-4-6-14(11-12)7-8-16-10-9-15-2/h12-13H,3-11H2,1-2H3. The molecule has 1 atom stereocenters. The van der Waals surface area contributed by atoms with Crippen LogP contribution in [0, 0.1) is 0 Å². The van der Waals surface area contributed by atoms with Gasteiger partial charge in [0, 0.05) is 26.2 Å². The first kappa shape index (κ1) is 13.9. The molecule has 1 aliphatic heterocycles. The van der Waals surface area contributed by atoms with Crippen molar-refractivity contribution in [1.82, 2.24) is 10.2 Å². The molecule has 1 rings (SSSR count).